The summed E-state index contributed by atoms with van der Waals surface area (Å²) < 4.78 is 7.09. The molecule has 1 heterocycles. The first-order valence-electron chi connectivity index (χ1n) is 7.69. The lowest BCUT2D eigenvalue weighted by molar-refractivity contribution is 0.0963. The average molecular weight is 343 g/mol. The molecule has 0 bridgehead atoms. The minimum atomic E-state index is -0.0679. The number of aromatic nitrogens is 1. The van der Waals surface area contributed by atoms with E-state index in [1.165, 1.54) is 0 Å². The van der Waals surface area contributed by atoms with Gasteiger partial charge in [0, 0.05) is 28.2 Å². The van der Waals surface area contributed by atoms with E-state index >= 15 is 0 Å². The molecule has 0 aliphatic heterocycles. The molecule has 0 spiro atoms. The Morgan fingerprint density at radius 1 is 1.21 bits per heavy atom. The highest BCUT2D eigenvalue weighted by molar-refractivity contribution is 6.30. The number of rotatable bonds is 4. The molecule has 0 fully saturated rings. The molecule has 0 saturated carbocycles. The van der Waals surface area contributed by atoms with Gasteiger partial charge in [-0.25, -0.2) is 0 Å². The quantitative estimate of drug-likeness (QED) is 0.778. The SMILES string of the molecule is CNCc1c(C)n(C(=O)c2ccc(Cl)cc2)c2ccc(OC)cc12. The number of benzene rings is 2. The summed E-state index contributed by atoms with van der Waals surface area (Å²) in [6.45, 7) is 2.64. The van der Waals surface area contributed by atoms with Gasteiger partial charge in [-0.1, -0.05) is 11.6 Å². The van der Waals surface area contributed by atoms with Gasteiger partial charge in [0.1, 0.15) is 5.75 Å². The second-order valence-electron chi connectivity index (χ2n) is 5.62. The zero-order valence-electron chi connectivity index (χ0n) is 13.9. The summed E-state index contributed by atoms with van der Waals surface area (Å²) in [6.07, 6.45) is 0. The lowest BCUT2D eigenvalue weighted by atomic mass is 10.1. The number of ether oxygens (including phenoxy) is 1. The number of carbonyl (C=O) groups excluding carboxylic acids is 1. The minimum absolute atomic E-state index is 0.0679. The Balaban J connectivity index is 2.21. The molecule has 0 aliphatic rings. The summed E-state index contributed by atoms with van der Waals surface area (Å²) in [7, 11) is 3.53. The van der Waals surface area contributed by atoms with Crippen molar-refractivity contribution >= 4 is 28.4 Å². The zero-order valence-corrected chi connectivity index (χ0v) is 14.6. The van der Waals surface area contributed by atoms with Gasteiger partial charge in [-0.2, -0.15) is 0 Å². The highest BCUT2D eigenvalue weighted by atomic mass is 35.5. The summed E-state index contributed by atoms with van der Waals surface area (Å²) in [4.78, 5) is 13.0. The fraction of sp³-hybridized carbons (Fsp3) is 0.211. The van der Waals surface area contributed by atoms with E-state index in [4.69, 9.17) is 16.3 Å². The first-order chi connectivity index (χ1) is 11.6. The Hall–Kier alpha value is -2.30. The van der Waals surface area contributed by atoms with Crippen LogP contribution >= 0.6 is 11.6 Å². The van der Waals surface area contributed by atoms with Crippen molar-refractivity contribution in [3.8, 4) is 5.75 Å². The van der Waals surface area contributed by atoms with E-state index in [1.807, 2.05) is 32.2 Å². The average Bonchev–Trinajstić information content (AvgIpc) is 2.86. The molecule has 4 nitrogen and oxygen atoms in total. The molecule has 1 N–H and O–H groups in total. The Morgan fingerprint density at radius 3 is 2.54 bits per heavy atom. The monoisotopic (exact) mass is 342 g/mol. The van der Waals surface area contributed by atoms with Crippen molar-refractivity contribution in [2.45, 2.75) is 13.5 Å². The second-order valence-corrected chi connectivity index (χ2v) is 6.06. The number of fused-ring (bicyclic) bond motifs is 1. The van der Waals surface area contributed by atoms with Gasteiger partial charge < -0.3 is 10.1 Å². The van der Waals surface area contributed by atoms with Crippen molar-refractivity contribution in [3.05, 3.63) is 64.3 Å². The Kier molecular flexibility index (Phi) is 4.60. The number of nitrogens with one attached hydrogen (secondary N) is 1. The standard InChI is InChI=1S/C19H19ClN2O2/c1-12-17(11-21-2)16-10-15(24-3)8-9-18(16)22(12)19(23)13-4-6-14(20)7-5-13/h4-10,21H,11H2,1-3H3. The second kappa shape index (κ2) is 6.67. The van der Waals surface area contributed by atoms with E-state index in [0.29, 0.717) is 17.1 Å². The van der Waals surface area contributed by atoms with Crippen LogP contribution in [0.25, 0.3) is 10.9 Å². The number of nitrogens with zero attached hydrogens (tertiary/aromatic N) is 1. The van der Waals surface area contributed by atoms with Crippen LogP contribution in [0.3, 0.4) is 0 Å². The third-order valence-corrected chi connectivity index (χ3v) is 4.44. The molecular formula is C19H19ClN2O2. The van der Waals surface area contributed by atoms with E-state index in [0.717, 1.165) is 27.9 Å². The molecule has 1 aromatic heterocycles. The summed E-state index contributed by atoms with van der Waals surface area (Å²) in [5, 5.41) is 4.80. The summed E-state index contributed by atoms with van der Waals surface area (Å²) >= 11 is 5.93. The fourth-order valence-corrected chi connectivity index (χ4v) is 3.10. The molecule has 0 unspecified atom stereocenters. The molecule has 3 aromatic rings. The lowest BCUT2D eigenvalue weighted by Crippen LogP contribution is -2.14. The third kappa shape index (κ3) is 2.79. The largest absolute Gasteiger partial charge is 0.497 e. The highest BCUT2D eigenvalue weighted by Gasteiger charge is 2.20. The first-order valence-corrected chi connectivity index (χ1v) is 8.07. The smallest absolute Gasteiger partial charge is 0.262 e. The molecule has 0 atom stereocenters. The molecule has 0 saturated heterocycles. The Bertz CT molecular complexity index is 898. The van der Waals surface area contributed by atoms with Crippen LogP contribution in [0.5, 0.6) is 5.75 Å². The topological polar surface area (TPSA) is 43.3 Å². The van der Waals surface area contributed by atoms with Crippen LogP contribution in [0.15, 0.2) is 42.5 Å². The van der Waals surface area contributed by atoms with Gasteiger partial charge in [-0.05, 0) is 62.0 Å². The van der Waals surface area contributed by atoms with Crippen LogP contribution in [0.1, 0.15) is 21.6 Å². The number of hydrogen-bond acceptors (Lipinski definition) is 3. The minimum Gasteiger partial charge on any atom is -0.497 e. The number of hydrogen-bond donors (Lipinski definition) is 1. The first kappa shape index (κ1) is 16.6. The number of halogens is 1. The molecule has 2 aromatic carbocycles. The maximum absolute atomic E-state index is 13.0. The van der Waals surface area contributed by atoms with Crippen LogP contribution in [0.4, 0.5) is 0 Å². The van der Waals surface area contributed by atoms with Crippen LogP contribution in [0, 0.1) is 6.92 Å². The van der Waals surface area contributed by atoms with Gasteiger partial charge in [0.15, 0.2) is 0 Å². The van der Waals surface area contributed by atoms with Gasteiger partial charge in [-0.3, -0.25) is 9.36 Å². The van der Waals surface area contributed by atoms with Crippen molar-refractivity contribution in [1.29, 1.82) is 0 Å². The van der Waals surface area contributed by atoms with E-state index < -0.39 is 0 Å². The predicted octanol–water partition coefficient (Wildman–Crippen LogP) is 4.02. The molecular weight excluding hydrogens is 324 g/mol. The predicted molar refractivity (Wildman–Crippen MR) is 97.2 cm³/mol. The maximum Gasteiger partial charge on any atom is 0.262 e. The van der Waals surface area contributed by atoms with Gasteiger partial charge in [0.25, 0.3) is 5.91 Å². The molecule has 0 amide bonds. The van der Waals surface area contributed by atoms with E-state index in [1.54, 1.807) is 35.9 Å². The van der Waals surface area contributed by atoms with Crippen molar-refractivity contribution in [3.63, 3.8) is 0 Å². The highest BCUT2D eigenvalue weighted by Crippen LogP contribution is 2.30. The van der Waals surface area contributed by atoms with Crippen LogP contribution < -0.4 is 10.1 Å². The van der Waals surface area contributed by atoms with Crippen LogP contribution in [0.2, 0.25) is 5.02 Å². The van der Waals surface area contributed by atoms with E-state index in [-0.39, 0.29) is 5.91 Å². The van der Waals surface area contributed by atoms with Gasteiger partial charge in [0.2, 0.25) is 0 Å². The van der Waals surface area contributed by atoms with Crippen molar-refractivity contribution in [2.24, 2.45) is 0 Å². The number of carbonyl (C=O) groups is 1. The van der Waals surface area contributed by atoms with Crippen molar-refractivity contribution < 1.29 is 9.53 Å². The third-order valence-electron chi connectivity index (χ3n) is 4.19. The lowest BCUT2D eigenvalue weighted by Gasteiger charge is -2.08. The maximum atomic E-state index is 13.0. The van der Waals surface area contributed by atoms with Crippen molar-refractivity contribution in [1.82, 2.24) is 9.88 Å². The molecule has 0 aliphatic carbocycles. The van der Waals surface area contributed by atoms with Crippen LogP contribution in [-0.2, 0) is 6.54 Å². The number of methoxy groups -OCH3 is 1. The molecule has 24 heavy (non-hydrogen) atoms. The molecule has 0 radical (unpaired) electrons. The van der Waals surface area contributed by atoms with Crippen LogP contribution in [-0.4, -0.2) is 24.6 Å². The van der Waals surface area contributed by atoms with Gasteiger partial charge in [0.05, 0.1) is 12.6 Å². The van der Waals surface area contributed by atoms with Crippen molar-refractivity contribution in [2.75, 3.05) is 14.2 Å². The normalized spacial score (nSPS) is 11.0. The summed E-state index contributed by atoms with van der Waals surface area (Å²) in [6, 6.07) is 12.7. The summed E-state index contributed by atoms with van der Waals surface area (Å²) in [5.41, 5.74) is 3.49. The summed E-state index contributed by atoms with van der Waals surface area (Å²) in [5.74, 6) is 0.706. The molecule has 3 rings (SSSR count). The van der Waals surface area contributed by atoms with E-state index in [2.05, 4.69) is 5.32 Å². The van der Waals surface area contributed by atoms with Gasteiger partial charge in [-0.15, -0.1) is 0 Å². The zero-order chi connectivity index (χ0) is 17.3. The Morgan fingerprint density at radius 2 is 1.92 bits per heavy atom. The molecule has 124 valence electrons. The van der Waals surface area contributed by atoms with E-state index in [9.17, 15) is 4.79 Å². The fourth-order valence-electron chi connectivity index (χ4n) is 2.97. The van der Waals surface area contributed by atoms with Gasteiger partial charge >= 0.3 is 0 Å². The Labute approximate surface area is 146 Å². The molecule has 5 heteroatoms.